The van der Waals surface area contributed by atoms with E-state index in [2.05, 4.69) is 5.32 Å². The van der Waals surface area contributed by atoms with Gasteiger partial charge in [-0.1, -0.05) is 25.7 Å². The number of carbonyl (C=O) groups excluding carboxylic acids is 1. The molecule has 0 bridgehead atoms. The topological polar surface area (TPSA) is 101 Å². The maximum absolute atomic E-state index is 12.0. The van der Waals surface area contributed by atoms with E-state index in [4.69, 9.17) is 5.11 Å². The van der Waals surface area contributed by atoms with Crippen LogP contribution in [0.2, 0.25) is 0 Å². The number of carboxylic acids is 1. The van der Waals surface area contributed by atoms with E-state index < -0.39 is 15.8 Å². The highest BCUT2D eigenvalue weighted by Gasteiger charge is 2.18. The summed E-state index contributed by atoms with van der Waals surface area (Å²) in [5, 5.41) is 11.7. The van der Waals surface area contributed by atoms with E-state index in [9.17, 15) is 18.0 Å². The molecule has 0 spiro atoms. The third-order valence-corrected chi connectivity index (χ3v) is 5.21. The zero-order valence-electron chi connectivity index (χ0n) is 13.0. The molecule has 6 nitrogen and oxygen atoms in total. The largest absolute Gasteiger partial charge is 0.478 e. The number of hydrogen-bond acceptors (Lipinski definition) is 4. The van der Waals surface area contributed by atoms with Crippen LogP contribution < -0.4 is 5.32 Å². The minimum Gasteiger partial charge on any atom is -0.478 e. The number of benzene rings is 1. The van der Waals surface area contributed by atoms with E-state index in [1.165, 1.54) is 25.0 Å². The minimum atomic E-state index is -3.56. The highest BCUT2D eigenvalue weighted by Crippen LogP contribution is 2.28. The zero-order valence-corrected chi connectivity index (χ0v) is 13.9. The van der Waals surface area contributed by atoms with Gasteiger partial charge in [0.15, 0.2) is 9.84 Å². The van der Waals surface area contributed by atoms with E-state index in [-0.39, 0.29) is 22.1 Å². The van der Waals surface area contributed by atoms with Gasteiger partial charge >= 0.3 is 5.97 Å². The van der Waals surface area contributed by atoms with Gasteiger partial charge in [0.1, 0.15) is 0 Å². The lowest BCUT2D eigenvalue weighted by atomic mass is 10.0. The molecule has 1 aromatic carbocycles. The van der Waals surface area contributed by atoms with Gasteiger partial charge in [-0.2, -0.15) is 0 Å². The standard InChI is InChI=1S/C16H21NO5S/c1-23(21,22)14-9-12(16(19)20)8-13(10-14)17-15(18)7-6-11-4-2-3-5-11/h8-11H,2-7H2,1H3,(H,17,18)(H,19,20). The van der Waals surface area contributed by atoms with E-state index in [1.54, 1.807) is 0 Å². The van der Waals surface area contributed by atoms with Gasteiger partial charge in [-0.15, -0.1) is 0 Å². The molecule has 126 valence electrons. The molecule has 1 amide bonds. The third-order valence-electron chi connectivity index (χ3n) is 4.12. The number of carboxylic acid groups (broad SMARTS) is 1. The Morgan fingerprint density at radius 3 is 2.43 bits per heavy atom. The molecule has 7 heteroatoms. The second-order valence-corrected chi connectivity index (χ2v) is 8.08. The van der Waals surface area contributed by atoms with Gasteiger partial charge in [0.2, 0.25) is 5.91 Å². The van der Waals surface area contributed by atoms with Crippen molar-refractivity contribution in [2.75, 3.05) is 11.6 Å². The van der Waals surface area contributed by atoms with E-state index in [1.807, 2.05) is 0 Å². The van der Waals surface area contributed by atoms with Gasteiger partial charge in [0, 0.05) is 18.4 Å². The Balaban J connectivity index is 2.09. The number of hydrogen-bond donors (Lipinski definition) is 2. The first-order valence-corrected chi connectivity index (χ1v) is 9.53. The molecule has 0 unspecified atom stereocenters. The smallest absolute Gasteiger partial charge is 0.335 e. The molecule has 0 aromatic heterocycles. The summed E-state index contributed by atoms with van der Waals surface area (Å²) < 4.78 is 23.3. The Bertz CT molecular complexity index is 705. The predicted molar refractivity (Wildman–Crippen MR) is 86.3 cm³/mol. The first-order valence-electron chi connectivity index (χ1n) is 7.64. The van der Waals surface area contributed by atoms with Crippen LogP contribution in [0.15, 0.2) is 23.1 Å². The Labute approximate surface area is 135 Å². The van der Waals surface area contributed by atoms with Crippen molar-refractivity contribution in [1.29, 1.82) is 0 Å². The number of carbonyl (C=O) groups is 2. The second-order valence-electron chi connectivity index (χ2n) is 6.06. The molecule has 23 heavy (non-hydrogen) atoms. The van der Waals surface area contributed by atoms with E-state index in [0.717, 1.165) is 31.6 Å². The average Bonchev–Trinajstić information content (AvgIpc) is 2.97. The number of sulfone groups is 1. The molecule has 1 aromatic rings. The van der Waals surface area contributed by atoms with Crippen molar-refractivity contribution >= 4 is 27.4 Å². The monoisotopic (exact) mass is 339 g/mol. The maximum atomic E-state index is 12.0. The summed E-state index contributed by atoms with van der Waals surface area (Å²) in [6.07, 6.45) is 6.90. The van der Waals surface area contributed by atoms with Crippen LogP contribution >= 0.6 is 0 Å². The molecule has 1 aliphatic carbocycles. The van der Waals surface area contributed by atoms with Gasteiger partial charge in [-0.3, -0.25) is 4.79 Å². The van der Waals surface area contributed by atoms with Crippen molar-refractivity contribution in [1.82, 2.24) is 0 Å². The molecule has 1 saturated carbocycles. The zero-order chi connectivity index (χ0) is 17.0. The van der Waals surface area contributed by atoms with Crippen molar-refractivity contribution in [3.63, 3.8) is 0 Å². The molecule has 1 fully saturated rings. The molecular weight excluding hydrogens is 318 g/mol. The normalized spacial score (nSPS) is 15.5. The van der Waals surface area contributed by atoms with Crippen LogP contribution in [-0.2, 0) is 14.6 Å². The first-order chi connectivity index (χ1) is 10.8. The lowest BCUT2D eigenvalue weighted by molar-refractivity contribution is -0.116. The highest BCUT2D eigenvalue weighted by molar-refractivity contribution is 7.90. The number of rotatable bonds is 6. The third kappa shape index (κ3) is 5.06. The van der Waals surface area contributed by atoms with Crippen LogP contribution in [0.25, 0.3) is 0 Å². The minimum absolute atomic E-state index is 0.122. The van der Waals surface area contributed by atoms with Crippen LogP contribution in [0.4, 0.5) is 5.69 Å². The Kier molecular flexibility index (Phi) is 5.41. The lowest BCUT2D eigenvalue weighted by Crippen LogP contribution is -2.14. The van der Waals surface area contributed by atoms with Crippen LogP contribution in [0.5, 0.6) is 0 Å². The summed E-state index contributed by atoms with van der Waals surface area (Å²) >= 11 is 0. The Hall–Kier alpha value is -1.89. The van der Waals surface area contributed by atoms with Gasteiger partial charge in [0.05, 0.1) is 10.5 Å². The number of nitrogens with one attached hydrogen (secondary N) is 1. The molecule has 0 heterocycles. The van der Waals surface area contributed by atoms with Crippen molar-refractivity contribution in [3.8, 4) is 0 Å². The maximum Gasteiger partial charge on any atom is 0.335 e. The summed E-state index contributed by atoms with van der Waals surface area (Å²) in [6.45, 7) is 0. The Morgan fingerprint density at radius 1 is 1.22 bits per heavy atom. The summed E-state index contributed by atoms with van der Waals surface area (Å²) in [7, 11) is -3.56. The number of aromatic carboxylic acids is 1. The molecular formula is C16H21NO5S. The van der Waals surface area contributed by atoms with Crippen LogP contribution in [0.3, 0.4) is 0 Å². The summed E-state index contributed by atoms with van der Waals surface area (Å²) in [5.74, 6) is -0.881. The second kappa shape index (κ2) is 7.12. The van der Waals surface area contributed by atoms with Crippen molar-refractivity contribution in [3.05, 3.63) is 23.8 Å². The molecule has 0 atom stereocenters. The fraction of sp³-hybridized carbons (Fsp3) is 0.500. The molecule has 0 aliphatic heterocycles. The van der Waals surface area contributed by atoms with Crippen LogP contribution in [-0.4, -0.2) is 31.7 Å². The van der Waals surface area contributed by atoms with Crippen LogP contribution in [0.1, 0.15) is 48.9 Å². The molecule has 0 saturated heterocycles. The van der Waals surface area contributed by atoms with Crippen LogP contribution in [0, 0.1) is 5.92 Å². The van der Waals surface area contributed by atoms with Crippen molar-refractivity contribution < 1.29 is 23.1 Å². The quantitative estimate of drug-likeness (QED) is 0.830. The molecule has 2 N–H and O–H groups in total. The Morgan fingerprint density at radius 2 is 1.87 bits per heavy atom. The molecule has 2 rings (SSSR count). The molecule has 1 aliphatic rings. The number of amides is 1. The highest BCUT2D eigenvalue weighted by atomic mass is 32.2. The average molecular weight is 339 g/mol. The fourth-order valence-corrected chi connectivity index (χ4v) is 3.55. The number of anilines is 1. The summed E-state index contributed by atoms with van der Waals surface area (Å²) in [5.41, 5.74) is 0.0285. The predicted octanol–water partition coefficient (Wildman–Crippen LogP) is 2.70. The van der Waals surface area contributed by atoms with Crippen molar-refractivity contribution in [2.24, 2.45) is 5.92 Å². The van der Waals surface area contributed by atoms with Crippen molar-refractivity contribution in [2.45, 2.75) is 43.4 Å². The lowest BCUT2D eigenvalue weighted by Gasteiger charge is -2.11. The van der Waals surface area contributed by atoms with Gasteiger partial charge in [-0.25, -0.2) is 13.2 Å². The van der Waals surface area contributed by atoms with Gasteiger partial charge < -0.3 is 10.4 Å². The molecule has 0 radical (unpaired) electrons. The van der Waals surface area contributed by atoms with E-state index >= 15 is 0 Å². The summed E-state index contributed by atoms with van der Waals surface area (Å²) in [4.78, 5) is 23.0. The summed E-state index contributed by atoms with van der Waals surface area (Å²) in [6, 6.07) is 3.64. The SMILES string of the molecule is CS(=O)(=O)c1cc(NC(=O)CCC2CCCC2)cc(C(=O)O)c1. The van der Waals surface area contributed by atoms with E-state index in [0.29, 0.717) is 12.3 Å². The van der Waals surface area contributed by atoms with Gasteiger partial charge in [0.25, 0.3) is 0 Å². The first kappa shape index (κ1) is 17.5. The van der Waals surface area contributed by atoms with Gasteiger partial charge in [-0.05, 0) is 30.5 Å². The fourth-order valence-electron chi connectivity index (χ4n) is 2.87.